The third kappa shape index (κ3) is 2.02. The zero-order valence-corrected chi connectivity index (χ0v) is 9.95. The molecule has 86 valence electrons. The second kappa shape index (κ2) is 4.01. The Morgan fingerprint density at radius 1 is 1.44 bits per heavy atom. The number of carboxylic acids is 1. The first-order chi connectivity index (χ1) is 7.50. The molecule has 1 aromatic heterocycles. The molecule has 0 spiro atoms. The molecular weight excluding hydrogens is 228 g/mol. The summed E-state index contributed by atoms with van der Waals surface area (Å²) in [5.74, 6) is -0.219. The first-order valence-electron chi connectivity index (χ1n) is 5.31. The highest BCUT2D eigenvalue weighted by atomic mass is 35.5. The van der Waals surface area contributed by atoms with E-state index in [0.717, 1.165) is 12.8 Å². The normalized spacial score (nSPS) is 15.5. The lowest BCUT2D eigenvalue weighted by Crippen LogP contribution is -2.11. The van der Waals surface area contributed by atoms with Crippen LogP contribution in [0.2, 0.25) is 5.15 Å². The lowest BCUT2D eigenvalue weighted by atomic mass is 10.1. The van der Waals surface area contributed by atoms with Crippen LogP contribution in [-0.4, -0.2) is 21.0 Å². The summed E-state index contributed by atoms with van der Waals surface area (Å²) in [5.41, 5.74) is 0.685. The van der Waals surface area contributed by atoms with Crippen molar-refractivity contribution in [3.8, 4) is 0 Å². The molecule has 0 atom stereocenters. The minimum Gasteiger partial charge on any atom is -0.476 e. The Balaban J connectivity index is 2.56. The predicted molar refractivity (Wildman–Crippen MR) is 60.1 cm³/mol. The molecule has 1 aliphatic carbocycles. The Bertz CT molecular complexity index is 442. The highest BCUT2D eigenvalue weighted by Crippen LogP contribution is 2.44. The fourth-order valence-corrected chi connectivity index (χ4v) is 1.94. The summed E-state index contributed by atoms with van der Waals surface area (Å²) in [7, 11) is 0. The van der Waals surface area contributed by atoms with E-state index in [-0.39, 0.29) is 17.5 Å². The molecule has 0 aliphatic heterocycles. The van der Waals surface area contributed by atoms with Gasteiger partial charge in [0.25, 0.3) is 0 Å². The standard InChI is InChI=1S/C11H13ClN2O2/c1-5(2)10-13-8(11(15)16)7(6-3-4-6)9(12)14-10/h5-6H,3-4H2,1-2H3,(H,15,16). The number of aromatic nitrogens is 2. The van der Waals surface area contributed by atoms with Gasteiger partial charge in [0.1, 0.15) is 11.0 Å². The van der Waals surface area contributed by atoms with Gasteiger partial charge in [0, 0.05) is 11.5 Å². The van der Waals surface area contributed by atoms with Crippen LogP contribution >= 0.6 is 11.6 Å². The molecule has 0 unspecified atom stereocenters. The summed E-state index contributed by atoms with van der Waals surface area (Å²) in [6.07, 6.45) is 1.95. The van der Waals surface area contributed by atoms with E-state index in [1.165, 1.54) is 0 Å². The van der Waals surface area contributed by atoms with Crippen LogP contribution in [0.5, 0.6) is 0 Å². The molecule has 5 heteroatoms. The van der Waals surface area contributed by atoms with Crippen molar-refractivity contribution in [3.63, 3.8) is 0 Å². The minimum atomic E-state index is -1.02. The van der Waals surface area contributed by atoms with E-state index in [2.05, 4.69) is 9.97 Å². The maximum atomic E-state index is 11.1. The molecule has 16 heavy (non-hydrogen) atoms. The lowest BCUT2D eigenvalue weighted by molar-refractivity contribution is 0.0688. The van der Waals surface area contributed by atoms with Crippen LogP contribution in [0.15, 0.2) is 0 Å². The van der Waals surface area contributed by atoms with Crippen molar-refractivity contribution in [1.29, 1.82) is 0 Å². The number of carboxylic acid groups (broad SMARTS) is 1. The van der Waals surface area contributed by atoms with E-state index in [0.29, 0.717) is 16.5 Å². The Morgan fingerprint density at radius 2 is 2.06 bits per heavy atom. The van der Waals surface area contributed by atoms with Crippen molar-refractivity contribution in [2.45, 2.75) is 38.5 Å². The highest BCUT2D eigenvalue weighted by Gasteiger charge is 2.32. The summed E-state index contributed by atoms with van der Waals surface area (Å²) < 4.78 is 0. The highest BCUT2D eigenvalue weighted by molar-refractivity contribution is 6.30. The van der Waals surface area contributed by atoms with Crippen LogP contribution in [0.4, 0.5) is 0 Å². The third-order valence-electron chi connectivity index (χ3n) is 2.62. The fourth-order valence-electron chi connectivity index (χ4n) is 1.61. The van der Waals surface area contributed by atoms with Gasteiger partial charge in [0.05, 0.1) is 0 Å². The van der Waals surface area contributed by atoms with E-state index in [1.54, 1.807) is 0 Å². The molecule has 2 rings (SSSR count). The number of hydrogen-bond donors (Lipinski definition) is 1. The summed E-state index contributed by atoms with van der Waals surface area (Å²) >= 11 is 6.04. The third-order valence-corrected chi connectivity index (χ3v) is 2.91. The first-order valence-corrected chi connectivity index (χ1v) is 5.69. The zero-order chi connectivity index (χ0) is 11.9. The molecule has 0 bridgehead atoms. The molecule has 1 saturated carbocycles. The summed E-state index contributed by atoms with van der Waals surface area (Å²) in [6, 6.07) is 0. The first kappa shape index (κ1) is 11.3. The molecule has 1 heterocycles. The number of hydrogen-bond acceptors (Lipinski definition) is 3. The van der Waals surface area contributed by atoms with Crippen molar-refractivity contribution in [2.75, 3.05) is 0 Å². The van der Waals surface area contributed by atoms with Crippen molar-refractivity contribution in [1.82, 2.24) is 9.97 Å². The summed E-state index contributed by atoms with van der Waals surface area (Å²) in [6.45, 7) is 3.82. The van der Waals surface area contributed by atoms with Crippen LogP contribution < -0.4 is 0 Å². The van der Waals surface area contributed by atoms with Gasteiger partial charge in [-0.15, -0.1) is 0 Å². The van der Waals surface area contributed by atoms with E-state index < -0.39 is 5.97 Å². The molecule has 1 aromatic rings. The molecule has 4 nitrogen and oxygen atoms in total. The Hall–Kier alpha value is -1.16. The summed E-state index contributed by atoms with van der Waals surface area (Å²) in [4.78, 5) is 19.4. The quantitative estimate of drug-likeness (QED) is 0.826. The van der Waals surface area contributed by atoms with Gasteiger partial charge in [-0.05, 0) is 18.8 Å². The molecule has 1 aliphatic rings. The Morgan fingerprint density at radius 3 is 2.50 bits per heavy atom. The van der Waals surface area contributed by atoms with Crippen molar-refractivity contribution >= 4 is 17.6 Å². The van der Waals surface area contributed by atoms with Crippen molar-refractivity contribution in [3.05, 3.63) is 22.2 Å². The number of rotatable bonds is 3. The van der Waals surface area contributed by atoms with Gasteiger partial charge in [-0.25, -0.2) is 14.8 Å². The number of nitrogens with zero attached hydrogens (tertiary/aromatic N) is 2. The number of aromatic carboxylic acids is 1. The van der Waals surface area contributed by atoms with Gasteiger partial charge in [-0.1, -0.05) is 25.4 Å². The maximum Gasteiger partial charge on any atom is 0.354 e. The van der Waals surface area contributed by atoms with Gasteiger partial charge in [-0.2, -0.15) is 0 Å². The number of carbonyl (C=O) groups is 1. The fraction of sp³-hybridized carbons (Fsp3) is 0.545. The van der Waals surface area contributed by atoms with Crippen molar-refractivity contribution in [2.24, 2.45) is 0 Å². The van der Waals surface area contributed by atoms with Gasteiger partial charge in [-0.3, -0.25) is 0 Å². The van der Waals surface area contributed by atoms with E-state index in [4.69, 9.17) is 16.7 Å². The zero-order valence-electron chi connectivity index (χ0n) is 9.20. The summed E-state index contributed by atoms with van der Waals surface area (Å²) in [5, 5.41) is 9.43. The lowest BCUT2D eigenvalue weighted by Gasteiger charge is -2.10. The Labute approximate surface area is 98.7 Å². The van der Waals surface area contributed by atoms with Crippen molar-refractivity contribution < 1.29 is 9.90 Å². The van der Waals surface area contributed by atoms with Gasteiger partial charge in [0.15, 0.2) is 5.69 Å². The molecule has 0 aromatic carbocycles. The van der Waals surface area contributed by atoms with Crippen LogP contribution in [0.1, 0.15) is 60.4 Å². The molecule has 0 amide bonds. The van der Waals surface area contributed by atoms with Crippen LogP contribution in [0.3, 0.4) is 0 Å². The number of halogens is 1. The molecule has 0 radical (unpaired) electrons. The van der Waals surface area contributed by atoms with Gasteiger partial charge < -0.3 is 5.11 Å². The second-order valence-electron chi connectivity index (χ2n) is 4.37. The van der Waals surface area contributed by atoms with Crippen LogP contribution in [-0.2, 0) is 0 Å². The average Bonchev–Trinajstić information content (AvgIpc) is 2.99. The second-order valence-corrected chi connectivity index (χ2v) is 4.73. The monoisotopic (exact) mass is 240 g/mol. The van der Waals surface area contributed by atoms with Gasteiger partial charge in [0.2, 0.25) is 0 Å². The largest absolute Gasteiger partial charge is 0.476 e. The SMILES string of the molecule is CC(C)c1nc(Cl)c(C2CC2)c(C(=O)O)n1. The molecular formula is C11H13ClN2O2. The van der Waals surface area contributed by atoms with Gasteiger partial charge >= 0.3 is 5.97 Å². The average molecular weight is 241 g/mol. The van der Waals surface area contributed by atoms with E-state index >= 15 is 0 Å². The smallest absolute Gasteiger partial charge is 0.354 e. The molecule has 0 saturated heterocycles. The Kier molecular flexibility index (Phi) is 2.84. The molecule has 1 fully saturated rings. The van der Waals surface area contributed by atoms with E-state index in [1.807, 2.05) is 13.8 Å². The minimum absolute atomic E-state index is 0.0730. The van der Waals surface area contributed by atoms with Crippen LogP contribution in [0, 0.1) is 0 Å². The predicted octanol–water partition coefficient (Wildman–Crippen LogP) is 2.83. The van der Waals surface area contributed by atoms with E-state index in [9.17, 15) is 4.79 Å². The topological polar surface area (TPSA) is 63.1 Å². The maximum absolute atomic E-state index is 11.1. The van der Waals surface area contributed by atoms with Crippen LogP contribution in [0.25, 0.3) is 0 Å². The molecule has 1 N–H and O–H groups in total.